The second-order valence-corrected chi connectivity index (χ2v) is 14.3. The van der Waals surface area contributed by atoms with Gasteiger partial charge in [-0.15, -0.1) is 0 Å². The molecule has 6 aromatic carbocycles. The number of hydrogen-bond acceptors (Lipinski definition) is 4. The SMILES string of the molecule is CN(C)C(CCN1C(=Cc2sc3ccc4ccccc4c3[n+]2CCCc2ccccc2)Oc2ccc(-c3ccccc3)cc21)c1ccccc1. The fourth-order valence-electron chi connectivity index (χ4n) is 7.29. The molecule has 1 aromatic heterocycles. The predicted molar refractivity (Wildman–Crippen MR) is 210 cm³/mol. The van der Waals surface area contributed by atoms with E-state index in [1.807, 2.05) is 11.3 Å². The second-order valence-electron chi connectivity index (χ2n) is 13.3. The van der Waals surface area contributed by atoms with E-state index in [-0.39, 0.29) is 6.04 Å². The van der Waals surface area contributed by atoms with Crippen molar-refractivity contribution in [2.75, 3.05) is 25.5 Å². The monoisotopic (exact) mass is 672 g/mol. The Morgan fingerprint density at radius 3 is 2.26 bits per heavy atom. The van der Waals surface area contributed by atoms with E-state index in [0.29, 0.717) is 0 Å². The van der Waals surface area contributed by atoms with E-state index in [1.54, 1.807) is 0 Å². The summed E-state index contributed by atoms with van der Waals surface area (Å²) >= 11 is 1.85. The van der Waals surface area contributed by atoms with E-state index in [4.69, 9.17) is 4.74 Å². The van der Waals surface area contributed by atoms with Crippen molar-refractivity contribution in [1.29, 1.82) is 0 Å². The molecule has 248 valence electrons. The smallest absolute Gasteiger partial charge is 0.268 e. The van der Waals surface area contributed by atoms with Gasteiger partial charge in [-0.25, -0.2) is 0 Å². The van der Waals surface area contributed by atoms with Gasteiger partial charge in [-0.2, -0.15) is 4.57 Å². The number of ether oxygens (including phenoxy) is 1. The van der Waals surface area contributed by atoms with Crippen molar-refractivity contribution in [3.05, 3.63) is 168 Å². The molecule has 0 N–H and O–H groups in total. The minimum absolute atomic E-state index is 0.275. The molecule has 0 bridgehead atoms. The Bertz CT molecular complexity index is 2260. The Morgan fingerprint density at radius 2 is 1.48 bits per heavy atom. The van der Waals surface area contributed by atoms with Crippen LogP contribution in [0.4, 0.5) is 5.69 Å². The maximum atomic E-state index is 6.79. The molecule has 1 atom stereocenters. The Morgan fingerprint density at radius 1 is 0.760 bits per heavy atom. The number of aryl methyl sites for hydroxylation is 2. The van der Waals surface area contributed by atoms with Crippen LogP contribution in [0, 0.1) is 0 Å². The lowest BCUT2D eigenvalue weighted by Crippen LogP contribution is -2.36. The Hall–Kier alpha value is -5.23. The zero-order valence-corrected chi connectivity index (χ0v) is 29.5. The molecule has 5 heteroatoms. The van der Waals surface area contributed by atoms with Crippen LogP contribution >= 0.6 is 11.3 Å². The number of aromatic nitrogens is 1. The van der Waals surface area contributed by atoms with Crippen LogP contribution in [-0.4, -0.2) is 25.5 Å². The Balaban J connectivity index is 1.21. The third-order valence-corrected chi connectivity index (χ3v) is 10.9. The Kier molecular flexibility index (Phi) is 9.17. The van der Waals surface area contributed by atoms with Gasteiger partial charge in [0.25, 0.3) is 5.01 Å². The van der Waals surface area contributed by atoms with Gasteiger partial charge in [-0.1, -0.05) is 133 Å². The second kappa shape index (κ2) is 14.3. The largest absolute Gasteiger partial charge is 0.438 e. The number of anilines is 1. The molecule has 0 aliphatic carbocycles. The minimum atomic E-state index is 0.275. The summed E-state index contributed by atoms with van der Waals surface area (Å²) < 4.78 is 10.6. The lowest BCUT2D eigenvalue weighted by molar-refractivity contribution is -0.668. The topological polar surface area (TPSA) is 19.6 Å². The highest BCUT2D eigenvalue weighted by Gasteiger charge is 2.31. The molecule has 0 radical (unpaired) electrons. The number of rotatable bonds is 11. The number of fused-ring (bicyclic) bond motifs is 4. The van der Waals surface area contributed by atoms with Crippen LogP contribution in [0.3, 0.4) is 0 Å². The van der Waals surface area contributed by atoms with Crippen molar-refractivity contribution in [2.45, 2.75) is 31.8 Å². The summed E-state index contributed by atoms with van der Waals surface area (Å²) in [7, 11) is 4.35. The molecule has 0 saturated carbocycles. The first-order valence-electron chi connectivity index (χ1n) is 17.6. The summed E-state index contributed by atoms with van der Waals surface area (Å²) in [6.45, 7) is 1.74. The van der Waals surface area contributed by atoms with Crippen LogP contribution in [-0.2, 0) is 13.0 Å². The quantitative estimate of drug-likeness (QED) is 0.128. The molecule has 1 unspecified atom stereocenters. The normalized spacial score (nSPS) is 14.1. The van der Waals surface area contributed by atoms with Crippen LogP contribution in [0.2, 0.25) is 0 Å². The van der Waals surface area contributed by atoms with Crippen LogP contribution in [0.25, 0.3) is 38.2 Å². The summed E-state index contributed by atoms with van der Waals surface area (Å²) in [4.78, 5) is 4.73. The van der Waals surface area contributed by atoms with E-state index in [1.165, 1.54) is 48.3 Å². The summed E-state index contributed by atoms with van der Waals surface area (Å²) in [5.74, 6) is 1.78. The first-order chi connectivity index (χ1) is 24.6. The van der Waals surface area contributed by atoms with E-state index in [2.05, 4.69) is 180 Å². The van der Waals surface area contributed by atoms with Crippen molar-refractivity contribution in [3.63, 3.8) is 0 Å². The standard InChI is InChI=1S/C45H42N3OS/c1-46(2)39(36-21-10-5-11-22-36)28-30-47-40-31-37(34-18-8-4-9-19-34)24-26-41(40)49-43(47)32-44-48(29-14-17-33-15-6-3-7-16-33)45-38-23-13-12-20-35(38)25-27-42(45)50-44/h3-13,15-16,18-27,31-32,39H,14,17,28-30H2,1-2H3/q+1. The average Bonchev–Trinajstić information content (AvgIpc) is 3.69. The zero-order valence-electron chi connectivity index (χ0n) is 28.7. The van der Waals surface area contributed by atoms with E-state index < -0.39 is 0 Å². The van der Waals surface area contributed by atoms with Crippen LogP contribution in [0.15, 0.2) is 151 Å². The van der Waals surface area contributed by atoms with Gasteiger partial charge in [0.05, 0.1) is 17.1 Å². The molecule has 0 amide bonds. The maximum Gasteiger partial charge on any atom is 0.268 e. The van der Waals surface area contributed by atoms with Gasteiger partial charge < -0.3 is 14.5 Å². The molecule has 0 spiro atoms. The number of hydrogen-bond donors (Lipinski definition) is 0. The fraction of sp³-hybridized carbons (Fsp3) is 0.178. The number of benzene rings is 6. The summed E-state index contributed by atoms with van der Waals surface area (Å²) in [6.07, 6.45) is 5.32. The summed E-state index contributed by atoms with van der Waals surface area (Å²) in [5.41, 5.74) is 7.52. The molecular formula is C45H42N3OS+. The van der Waals surface area contributed by atoms with Crippen molar-refractivity contribution in [1.82, 2.24) is 4.90 Å². The molecule has 2 heterocycles. The molecule has 4 nitrogen and oxygen atoms in total. The van der Waals surface area contributed by atoms with E-state index in [9.17, 15) is 0 Å². The lowest BCUT2D eigenvalue weighted by Gasteiger charge is -2.27. The molecule has 7 aromatic rings. The molecule has 1 aliphatic rings. The first-order valence-corrected chi connectivity index (χ1v) is 18.4. The van der Waals surface area contributed by atoms with E-state index >= 15 is 0 Å². The van der Waals surface area contributed by atoms with Crippen LogP contribution in [0.1, 0.15) is 35.0 Å². The molecular weight excluding hydrogens is 631 g/mol. The minimum Gasteiger partial charge on any atom is -0.438 e. The van der Waals surface area contributed by atoms with Crippen molar-refractivity contribution in [3.8, 4) is 16.9 Å². The van der Waals surface area contributed by atoms with Gasteiger partial charge in [0.15, 0.2) is 12.3 Å². The van der Waals surface area contributed by atoms with Crippen molar-refractivity contribution in [2.24, 2.45) is 0 Å². The first kappa shape index (κ1) is 32.0. The van der Waals surface area contributed by atoms with Gasteiger partial charge in [-0.3, -0.25) is 0 Å². The zero-order chi connectivity index (χ0) is 33.9. The number of nitrogens with zero attached hydrogens (tertiary/aromatic N) is 3. The molecule has 0 fully saturated rings. The van der Waals surface area contributed by atoms with Crippen molar-refractivity contribution < 1.29 is 9.30 Å². The van der Waals surface area contributed by atoms with Gasteiger partial charge in [0.2, 0.25) is 11.4 Å². The number of thiazole rings is 1. The molecule has 8 rings (SSSR count). The van der Waals surface area contributed by atoms with Crippen LogP contribution < -0.4 is 14.2 Å². The van der Waals surface area contributed by atoms with Gasteiger partial charge in [0.1, 0.15) is 4.70 Å². The van der Waals surface area contributed by atoms with Crippen LogP contribution in [0.5, 0.6) is 5.75 Å². The average molecular weight is 673 g/mol. The van der Waals surface area contributed by atoms with E-state index in [0.717, 1.165) is 49.7 Å². The summed E-state index contributed by atoms with van der Waals surface area (Å²) in [5, 5.41) is 3.76. The predicted octanol–water partition coefficient (Wildman–Crippen LogP) is 10.5. The molecule has 1 aliphatic heterocycles. The van der Waals surface area contributed by atoms with Gasteiger partial charge >= 0.3 is 0 Å². The summed E-state index contributed by atoms with van der Waals surface area (Å²) in [6, 6.07) is 52.5. The molecule has 50 heavy (non-hydrogen) atoms. The van der Waals surface area contributed by atoms with Crippen molar-refractivity contribution >= 4 is 44.1 Å². The van der Waals surface area contributed by atoms with Gasteiger partial charge in [-0.05, 0) is 78.8 Å². The highest BCUT2D eigenvalue weighted by atomic mass is 32.1. The Labute approximate surface area is 299 Å². The van der Waals surface area contributed by atoms with Gasteiger partial charge in [0, 0.05) is 19.0 Å². The highest BCUT2D eigenvalue weighted by Crippen LogP contribution is 2.43. The third kappa shape index (κ3) is 6.55. The maximum absolute atomic E-state index is 6.79. The molecule has 0 saturated heterocycles. The highest BCUT2D eigenvalue weighted by molar-refractivity contribution is 7.19. The third-order valence-electron chi connectivity index (χ3n) is 9.82. The lowest BCUT2D eigenvalue weighted by atomic mass is 10.0. The fourth-order valence-corrected chi connectivity index (χ4v) is 8.42.